The quantitative estimate of drug-likeness (QED) is 0.319. The predicted octanol–water partition coefficient (Wildman–Crippen LogP) is 3.56. The molecule has 3 fully saturated rings. The number of anilines is 1. The Bertz CT molecular complexity index is 1980. The van der Waals surface area contributed by atoms with Crippen molar-refractivity contribution in [3.8, 4) is 23.3 Å². The number of nitrogens with zero attached hydrogens (tertiary/aromatic N) is 8. The van der Waals surface area contributed by atoms with E-state index in [2.05, 4.69) is 49.2 Å². The summed E-state index contributed by atoms with van der Waals surface area (Å²) in [6, 6.07) is 18.3. The van der Waals surface area contributed by atoms with Crippen LogP contribution in [0.15, 0.2) is 54.7 Å². The average molecular weight is 588 g/mol. The van der Waals surface area contributed by atoms with Gasteiger partial charge in [-0.3, -0.25) is 4.79 Å². The molecule has 3 aliphatic rings. The summed E-state index contributed by atoms with van der Waals surface area (Å²) in [5.74, 6) is 3.07. The Morgan fingerprint density at radius 2 is 1.95 bits per heavy atom. The van der Waals surface area contributed by atoms with Gasteiger partial charge < -0.3 is 29.4 Å². The number of carbonyl (C=O) groups excluding carboxylic acids is 1. The highest BCUT2D eigenvalue weighted by molar-refractivity contribution is 6.00. The van der Waals surface area contributed by atoms with Crippen molar-refractivity contribution in [1.29, 1.82) is 5.26 Å². The lowest BCUT2D eigenvalue weighted by atomic mass is 9.99. The second-order valence-electron chi connectivity index (χ2n) is 12.3. The molecular weight excluding hydrogens is 554 g/mol. The number of nitrogens with two attached hydrogens (primary N) is 1. The fourth-order valence-electron chi connectivity index (χ4n) is 7.54. The normalized spacial score (nSPS) is 21.3. The Labute approximate surface area is 254 Å². The van der Waals surface area contributed by atoms with Gasteiger partial charge in [-0.1, -0.05) is 18.2 Å². The van der Waals surface area contributed by atoms with Crippen molar-refractivity contribution in [3.63, 3.8) is 0 Å². The summed E-state index contributed by atoms with van der Waals surface area (Å²) in [5.41, 5.74) is 10.7. The average Bonchev–Trinajstić information content (AvgIpc) is 3.77. The summed E-state index contributed by atoms with van der Waals surface area (Å²) in [5, 5.41) is 10.4. The van der Waals surface area contributed by atoms with Crippen molar-refractivity contribution >= 4 is 33.7 Å². The van der Waals surface area contributed by atoms with Gasteiger partial charge in [-0.2, -0.15) is 5.26 Å². The van der Waals surface area contributed by atoms with Crippen LogP contribution in [-0.4, -0.2) is 73.7 Å². The number of nitriles is 1. The number of para-hydroxylation sites is 1. The number of hydrogen-bond donors (Lipinski definition) is 1. The number of benzene rings is 2. The molecule has 1 amide bonds. The summed E-state index contributed by atoms with van der Waals surface area (Å²) in [6.07, 6.45) is 3.68. The molecule has 1 saturated carbocycles. The second-order valence-corrected chi connectivity index (χ2v) is 12.3. The van der Waals surface area contributed by atoms with Gasteiger partial charge in [-0.25, -0.2) is 15.0 Å². The van der Waals surface area contributed by atoms with Gasteiger partial charge in [-0.15, -0.1) is 0 Å². The SMILES string of the molecule is COc1cc(C(=O)N2CC3CCC2[C@@H]3N)cc2nc(-c3cc4ccccc4n3C)n(CC3CN(c4ccnc(C#N)n4)C3)c12. The summed E-state index contributed by atoms with van der Waals surface area (Å²) in [4.78, 5) is 31.5. The molecule has 0 radical (unpaired) electrons. The minimum atomic E-state index is -0.00946. The predicted molar refractivity (Wildman–Crippen MR) is 166 cm³/mol. The van der Waals surface area contributed by atoms with Crippen LogP contribution in [0.1, 0.15) is 29.0 Å². The van der Waals surface area contributed by atoms with Gasteiger partial charge in [0.25, 0.3) is 5.91 Å². The van der Waals surface area contributed by atoms with Crippen LogP contribution < -0.4 is 15.4 Å². The van der Waals surface area contributed by atoms with Gasteiger partial charge in [0.15, 0.2) is 5.82 Å². The molecule has 5 aromatic rings. The Hall–Kier alpha value is -4.95. The minimum Gasteiger partial charge on any atom is -0.494 e. The minimum absolute atomic E-state index is 0.00946. The summed E-state index contributed by atoms with van der Waals surface area (Å²) >= 11 is 0. The molecule has 2 bridgehead atoms. The van der Waals surface area contributed by atoms with E-state index in [1.165, 1.54) is 0 Å². The van der Waals surface area contributed by atoms with Crippen LogP contribution in [0.25, 0.3) is 33.5 Å². The third-order valence-corrected chi connectivity index (χ3v) is 9.83. The zero-order chi connectivity index (χ0) is 30.1. The number of fused-ring (bicyclic) bond motifs is 4. The molecule has 2 unspecified atom stereocenters. The highest BCUT2D eigenvalue weighted by Crippen LogP contribution is 2.40. The standard InChI is InChI=1S/C33H33N9O2/c1-39-24-6-4-3-5-20(24)12-26(39)32-37-23-11-22(33(43)41-18-21-7-8-25(41)30(21)35)13-27(44-2)31(23)42(32)17-19-15-40(16-19)29-9-10-36-28(14-34)38-29/h3-6,9-13,19,21,25,30H,7-8,15-18,35H2,1-2H3/t21?,25?,30-/m1/s1. The van der Waals surface area contributed by atoms with Crippen molar-refractivity contribution in [2.45, 2.75) is 31.5 Å². The van der Waals surface area contributed by atoms with Gasteiger partial charge in [0.05, 0.1) is 18.3 Å². The molecule has 2 aliphatic heterocycles. The highest BCUT2D eigenvalue weighted by Gasteiger charge is 2.47. The van der Waals surface area contributed by atoms with Gasteiger partial charge in [0, 0.05) is 73.9 Å². The largest absolute Gasteiger partial charge is 0.494 e. The monoisotopic (exact) mass is 587 g/mol. The number of ether oxygens (including phenoxy) is 1. The number of amides is 1. The first-order valence-corrected chi connectivity index (χ1v) is 15.1. The highest BCUT2D eigenvalue weighted by atomic mass is 16.5. The second kappa shape index (κ2) is 10.1. The molecule has 2 aromatic carbocycles. The zero-order valence-electron chi connectivity index (χ0n) is 24.7. The van der Waals surface area contributed by atoms with Gasteiger partial charge in [-0.05, 0) is 49.1 Å². The molecule has 0 spiro atoms. The number of aryl methyl sites for hydroxylation is 1. The molecule has 2 N–H and O–H groups in total. The number of imidazole rings is 1. The van der Waals surface area contributed by atoms with Crippen molar-refractivity contribution < 1.29 is 9.53 Å². The Kier molecular flexibility index (Phi) is 6.10. The summed E-state index contributed by atoms with van der Waals surface area (Å²) in [7, 11) is 3.71. The fraction of sp³-hybridized carbons (Fsp3) is 0.364. The first-order valence-electron chi connectivity index (χ1n) is 15.1. The van der Waals surface area contributed by atoms with E-state index in [-0.39, 0.29) is 23.8 Å². The van der Waals surface area contributed by atoms with E-state index >= 15 is 0 Å². The van der Waals surface area contributed by atoms with Gasteiger partial charge >= 0.3 is 0 Å². The van der Waals surface area contributed by atoms with E-state index in [1.54, 1.807) is 13.3 Å². The van der Waals surface area contributed by atoms with E-state index < -0.39 is 0 Å². The molecule has 3 atom stereocenters. The number of aromatic nitrogens is 5. The first kappa shape index (κ1) is 26.7. The van der Waals surface area contributed by atoms with E-state index in [4.69, 9.17) is 15.5 Å². The van der Waals surface area contributed by atoms with Crippen molar-refractivity contribution in [3.05, 3.63) is 66.1 Å². The lowest BCUT2D eigenvalue weighted by molar-refractivity contribution is 0.0700. The molecule has 8 rings (SSSR count). The number of rotatable bonds is 6. The molecule has 3 aromatic heterocycles. The van der Waals surface area contributed by atoms with E-state index in [0.717, 1.165) is 65.2 Å². The number of hydrogen-bond acceptors (Lipinski definition) is 8. The molecule has 222 valence electrons. The Morgan fingerprint density at radius 1 is 1.11 bits per heavy atom. The molecule has 44 heavy (non-hydrogen) atoms. The first-order chi connectivity index (χ1) is 21.4. The molecule has 1 aliphatic carbocycles. The van der Waals surface area contributed by atoms with E-state index in [9.17, 15) is 10.1 Å². The van der Waals surface area contributed by atoms with E-state index in [1.807, 2.05) is 41.3 Å². The number of likely N-dealkylation sites (tertiary alicyclic amines) is 1. The van der Waals surface area contributed by atoms with Crippen molar-refractivity contribution in [1.82, 2.24) is 29.0 Å². The third-order valence-electron chi connectivity index (χ3n) is 9.83. The molecular formula is C33H33N9O2. The summed E-state index contributed by atoms with van der Waals surface area (Å²) in [6.45, 7) is 2.98. The van der Waals surface area contributed by atoms with Crippen LogP contribution in [0.4, 0.5) is 5.82 Å². The van der Waals surface area contributed by atoms with Gasteiger partial charge in [0.1, 0.15) is 23.2 Å². The smallest absolute Gasteiger partial charge is 0.254 e. The zero-order valence-corrected chi connectivity index (χ0v) is 24.7. The lowest BCUT2D eigenvalue weighted by Crippen LogP contribution is -2.49. The number of piperidine rings is 1. The third kappa shape index (κ3) is 4.05. The van der Waals surface area contributed by atoms with Gasteiger partial charge in [0.2, 0.25) is 5.82 Å². The van der Waals surface area contributed by atoms with Crippen LogP contribution in [-0.2, 0) is 13.6 Å². The number of methoxy groups -OCH3 is 1. The molecule has 11 heteroatoms. The Balaban J connectivity index is 1.19. The molecule has 2 saturated heterocycles. The van der Waals surface area contributed by atoms with Crippen LogP contribution in [0.3, 0.4) is 0 Å². The maximum absolute atomic E-state index is 13.8. The van der Waals surface area contributed by atoms with Crippen LogP contribution in [0.2, 0.25) is 0 Å². The lowest BCUT2D eigenvalue weighted by Gasteiger charge is -2.40. The van der Waals surface area contributed by atoms with Crippen molar-refractivity contribution in [2.75, 3.05) is 31.6 Å². The van der Waals surface area contributed by atoms with Crippen LogP contribution in [0, 0.1) is 23.2 Å². The Morgan fingerprint density at radius 3 is 2.68 bits per heavy atom. The number of carbonyl (C=O) groups is 1. The van der Waals surface area contributed by atoms with Crippen molar-refractivity contribution in [2.24, 2.45) is 24.6 Å². The topological polar surface area (TPSA) is 131 Å². The maximum atomic E-state index is 13.8. The maximum Gasteiger partial charge on any atom is 0.254 e. The molecule has 5 heterocycles. The fourth-order valence-corrected chi connectivity index (χ4v) is 7.54. The van der Waals surface area contributed by atoms with Crippen LogP contribution >= 0.6 is 0 Å². The van der Waals surface area contributed by atoms with Crippen LogP contribution in [0.5, 0.6) is 5.75 Å². The molecule has 11 nitrogen and oxygen atoms in total. The van der Waals surface area contributed by atoms with E-state index in [0.29, 0.717) is 36.2 Å². The summed E-state index contributed by atoms with van der Waals surface area (Å²) < 4.78 is 10.4.